The molecule has 6 heteroatoms. The minimum absolute atomic E-state index is 0.0479. The molecule has 1 unspecified atom stereocenters. The van der Waals surface area contributed by atoms with E-state index in [9.17, 15) is 4.39 Å². The van der Waals surface area contributed by atoms with Gasteiger partial charge in [0, 0.05) is 6.04 Å². The van der Waals surface area contributed by atoms with Crippen LogP contribution in [0.5, 0.6) is 0 Å². The lowest BCUT2D eigenvalue weighted by atomic mass is 10.00. The van der Waals surface area contributed by atoms with E-state index >= 15 is 0 Å². The molecule has 0 saturated heterocycles. The van der Waals surface area contributed by atoms with Gasteiger partial charge in [-0.25, -0.2) is 4.39 Å². The van der Waals surface area contributed by atoms with E-state index in [2.05, 4.69) is 28.8 Å². The number of benzene rings is 1. The summed E-state index contributed by atoms with van der Waals surface area (Å²) in [5.41, 5.74) is 1.80. The molecule has 0 aliphatic heterocycles. The quantitative estimate of drug-likeness (QED) is 0.857. The van der Waals surface area contributed by atoms with Crippen molar-refractivity contribution in [2.24, 2.45) is 0 Å². The molecule has 0 radical (unpaired) electrons. The van der Waals surface area contributed by atoms with Gasteiger partial charge in [-0.3, -0.25) is 0 Å². The second-order valence-corrected chi connectivity index (χ2v) is 6.37. The molecule has 1 N–H and O–H groups in total. The van der Waals surface area contributed by atoms with Gasteiger partial charge in [-0.15, -0.1) is 5.10 Å². The maximum Gasteiger partial charge on any atom is 0.142 e. The van der Waals surface area contributed by atoms with Crippen LogP contribution >= 0.6 is 23.1 Å². The minimum Gasteiger partial charge on any atom is -0.309 e. The van der Waals surface area contributed by atoms with Crippen molar-refractivity contribution < 1.29 is 4.39 Å². The molecule has 114 valence electrons. The van der Waals surface area contributed by atoms with Crippen LogP contribution in [0.3, 0.4) is 0 Å². The van der Waals surface area contributed by atoms with Gasteiger partial charge in [-0.05, 0) is 42.0 Å². The number of nitrogens with one attached hydrogen (secondary N) is 1. The second-order valence-electron chi connectivity index (χ2n) is 5.20. The Hall–Kier alpha value is -1.04. The van der Waals surface area contributed by atoms with E-state index in [1.807, 2.05) is 13.0 Å². The Labute approximate surface area is 133 Å². The molecule has 1 aromatic carbocycles. The first-order chi connectivity index (χ1) is 10.0. The fraction of sp³-hybridized carbons (Fsp3) is 0.467. The lowest BCUT2D eigenvalue weighted by Gasteiger charge is -2.19. The molecule has 2 rings (SSSR count). The van der Waals surface area contributed by atoms with Crippen LogP contribution in [-0.4, -0.2) is 16.1 Å². The van der Waals surface area contributed by atoms with Crippen molar-refractivity contribution in [3.05, 3.63) is 45.2 Å². The lowest BCUT2D eigenvalue weighted by molar-refractivity contribution is 0.546. The fourth-order valence-corrected chi connectivity index (χ4v) is 3.36. The monoisotopic (exact) mass is 327 g/mol. The molecular weight excluding hydrogens is 309 g/mol. The third-order valence-electron chi connectivity index (χ3n) is 3.31. The van der Waals surface area contributed by atoms with E-state index in [0.29, 0.717) is 12.3 Å². The average molecular weight is 328 g/mol. The third kappa shape index (κ3) is 3.78. The minimum atomic E-state index is -0.379. The van der Waals surface area contributed by atoms with Gasteiger partial charge < -0.3 is 5.32 Å². The van der Waals surface area contributed by atoms with Crippen LogP contribution in [0.1, 0.15) is 48.9 Å². The summed E-state index contributed by atoms with van der Waals surface area (Å²) >= 11 is 7.47. The lowest BCUT2D eigenvalue weighted by Crippen LogP contribution is -2.23. The third-order valence-corrected chi connectivity index (χ3v) is 4.59. The van der Waals surface area contributed by atoms with Crippen molar-refractivity contribution in [2.75, 3.05) is 6.54 Å². The molecule has 3 nitrogen and oxygen atoms in total. The zero-order valence-electron chi connectivity index (χ0n) is 12.4. The Morgan fingerprint density at radius 3 is 2.81 bits per heavy atom. The first-order valence-electron chi connectivity index (χ1n) is 7.03. The number of rotatable bonds is 6. The van der Waals surface area contributed by atoms with E-state index in [4.69, 9.17) is 11.6 Å². The van der Waals surface area contributed by atoms with E-state index < -0.39 is 0 Å². The van der Waals surface area contributed by atoms with Crippen LogP contribution in [0.25, 0.3) is 0 Å². The van der Waals surface area contributed by atoms with Crippen LogP contribution in [0, 0.1) is 5.82 Å². The van der Waals surface area contributed by atoms with E-state index in [1.54, 1.807) is 6.07 Å². The van der Waals surface area contributed by atoms with Crippen molar-refractivity contribution in [1.29, 1.82) is 0 Å². The molecule has 1 heterocycles. The predicted octanol–water partition coefficient (Wildman–Crippen LogP) is 4.35. The Kier molecular flexibility index (Phi) is 5.67. The molecule has 1 aromatic heterocycles. The van der Waals surface area contributed by atoms with Gasteiger partial charge in [0.2, 0.25) is 0 Å². The van der Waals surface area contributed by atoms with Gasteiger partial charge in [-0.1, -0.05) is 49.0 Å². The highest BCUT2D eigenvalue weighted by atomic mass is 35.5. The zero-order chi connectivity index (χ0) is 15.4. The van der Waals surface area contributed by atoms with Crippen molar-refractivity contribution in [1.82, 2.24) is 14.9 Å². The Balaban J connectivity index is 2.31. The summed E-state index contributed by atoms with van der Waals surface area (Å²) in [5.74, 6) is -0.0705. The van der Waals surface area contributed by atoms with E-state index in [-0.39, 0.29) is 16.9 Å². The summed E-state index contributed by atoms with van der Waals surface area (Å²) in [7, 11) is 0. The van der Waals surface area contributed by atoms with Crippen LogP contribution in [0.15, 0.2) is 18.2 Å². The fourth-order valence-electron chi connectivity index (χ4n) is 2.28. The molecule has 2 aromatic rings. The summed E-state index contributed by atoms with van der Waals surface area (Å²) in [5, 5.41) is 7.84. The normalized spacial score (nSPS) is 12.9. The predicted molar refractivity (Wildman–Crippen MR) is 85.5 cm³/mol. The molecule has 0 saturated carbocycles. The average Bonchev–Trinajstić information content (AvgIpc) is 2.92. The van der Waals surface area contributed by atoms with Gasteiger partial charge in [0.05, 0.1) is 15.6 Å². The SMILES string of the molecule is CCNC(Cc1cccc(F)c1Cl)c1snnc1C(C)C. The highest BCUT2D eigenvalue weighted by Crippen LogP contribution is 2.31. The molecule has 1 atom stereocenters. The highest BCUT2D eigenvalue weighted by molar-refractivity contribution is 7.05. The molecule has 0 spiro atoms. The van der Waals surface area contributed by atoms with Crippen LogP contribution in [0.2, 0.25) is 5.02 Å². The van der Waals surface area contributed by atoms with Crippen molar-refractivity contribution >= 4 is 23.1 Å². The smallest absolute Gasteiger partial charge is 0.142 e. The summed E-state index contributed by atoms with van der Waals surface area (Å²) in [6.45, 7) is 7.05. The molecule has 0 amide bonds. The second kappa shape index (κ2) is 7.29. The molecule has 0 aliphatic carbocycles. The van der Waals surface area contributed by atoms with Gasteiger partial charge in [0.15, 0.2) is 0 Å². The van der Waals surface area contributed by atoms with Crippen molar-refractivity contribution in [3.63, 3.8) is 0 Å². The number of aromatic nitrogens is 2. The van der Waals surface area contributed by atoms with Gasteiger partial charge in [-0.2, -0.15) is 0 Å². The maximum absolute atomic E-state index is 13.6. The van der Waals surface area contributed by atoms with Gasteiger partial charge >= 0.3 is 0 Å². The van der Waals surface area contributed by atoms with Crippen LogP contribution < -0.4 is 5.32 Å². The van der Waals surface area contributed by atoms with Crippen molar-refractivity contribution in [2.45, 2.75) is 39.2 Å². The largest absolute Gasteiger partial charge is 0.309 e. The number of nitrogens with zero attached hydrogens (tertiary/aromatic N) is 2. The number of hydrogen-bond acceptors (Lipinski definition) is 4. The zero-order valence-corrected chi connectivity index (χ0v) is 13.9. The first kappa shape index (κ1) is 16.3. The van der Waals surface area contributed by atoms with Crippen molar-refractivity contribution in [3.8, 4) is 0 Å². The highest BCUT2D eigenvalue weighted by Gasteiger charge is 2.22. The number of likely N-dealkylation sites (N-methyl/N-ethyl adjacent to an activating group) is 1. The summed E-state index contributed by atoms with van der Waals surface area (Å²) in [4.78, 5) is 1.10. The maximum atomic E-state index is 13.6. The molecule has 0 aliphatic rings. The Bertz CT molecular complexity index is 600. The first-order valence-corrected chi connectivity index (χ1v) is 8.18. The Morgan fingerprint density at radius 1 is 1.38 bits per heavy atom. The molecule has 0 fully saturated rings. The van der Waals surface area contributed by atoms with E-state index in [1.165, 1.54) is 17.6 Å². The standard InChI is InChI=1S/C15H19ClFN3S/c1-4-18-12(15-14(9(2)3)19-20-21-15)8-10-6-5-7-11(17)13(10)16/h5-7,9,12,18H,4,8H2,1-3H3. The molecule has 21 heavy (non-hydrogen) atoms. The number of hydrogen-bond donors (Lipinski definition) is 1. The van der Waals surface area contributed by atoms with Gasteiger partial charge in [0.25, 0.3) is 0 Å². The number of halogens is 2. The Morgan fingerprint density at radius 2 is 2.14 bits per heavy atom. The topological polar surface area (TPSA) is 37.8 Å². The molecule has 0 bridgehead atoms. The van der Waals surface area contributed by atoms with Gasteiger partial charge in [0.1, 0.15) is 5.82 Å². The van der Waals surface area contributed by atoms with E-state index in [0.717, 1.165) is 22.7 Å². The summed E-state index contributed by atoms with van der Waals surface area (Å²) in [6, 6.07) is 4.97. The molecular formula is C15H19ClFN3S. The van der Waals surface area contributed by atoms with Crippen LogP contribution in [0.4, 0.5) is 4.39 Å². The summed E-state index contributed by atoms with van der Waals surface area (Å²) in [6.07, 6.45) is 0.619. The summed E-state index contributed by atoms with van der Waals surface area (Å²) < 4.78 is 17.7. The van der Waals surface area contributed by atoms with Crippen LogP contribution in [-0.2, 0) is 6.42 Å².